The third-order valence-electron chi connectivity index (χ3n) is 7.58. The number of halogens is 2. The number of benzene rings is 2. The van der Waals surface area contributed by atoms with Crippen LogP contribution in [0.1, 0.15) is 67.6 Å². The molecule has 0 bridgehead atoms. The van der Waals surface area contributed by atoms with Gasteiger partial charge in [0.15, 0.2) is 5.96 Å². The maximum absolute atomic E-state index is 14.0. The Hall–Kier alpha value is -3.64. The number of carbonyl (C=O) groups is 3. The van der Waals surface area contributed by atoms with Crippen LogP contribution < -0.4 is 33.6 Å². The van der Waals surface area contributed by atoms with E-state index in [1.54, 1.807) is 12.1 Å². The summed E-state index contributed by atoms with van der Waals surface area (Å²) in [5.74, 6) is -2.15. The number of rotatable bonds is 14. The van der Waals surface area contributed by atoms with Crippen LogP contribution in [0.15, 0.2) is 58.0 Å². The Morgan fingerprint density at radius 1 is 0.953 bits per heavy atom. The summed E-state index contributed by atoms with van der Waals surface area (Å²) in [5, 5.41) is 13.5. The average Bonchev–Trinajstić information content (AvgIpc) is 2.96. The number of primary amides is 1. The molecular weight excluding hydrogens is 636 g/mol. The van der Waals surface area contributed by atoms with Crippen LogP contribution in [0, 0.1) is 11.3 Å². The van der Waals surface area contributed by atoms with Gasteiger partial charge < -0.3 is 33.6 Å². The lowest BCUT2D eigenvalue weighted by molar-refractivity contribution is -0.133. The largest absolute Gasteiger partial charge is 0.384 e. The molecule has 0 heterocycles. The number of nitrogens with one attached hydrogen (secondary N) is 3. The highest BCUT2D eigenvalue weighted by atomic mass is 79.9. The molecule has 1 saturated carbocycles. The minimum absolute atomic E-state index is 0. The Balaban J connectivity index is 0.00000645. The summed E-state index contributed by atoms with van der Waals surface area (Å²) in [6.07, 6.45) is 5.65. The van der Waals surface area contributed by atoms with Gasteiger partial charge in [-0.3, -0.25) is 24.8 Å². The first kappa shape index (κ1) is 35.6. The van der Waals surface area contributed by atoms with E-state index in [2.05, 4.69) is 31.6 Å². The fourth-order valence-electron chi connectivity index (χ4n) is 5.31. The minimum atomic E-state index is -0.921. The second kappa shape index (κ2) is 17.5. The molecule has 2 aromatic rings. The standard InChI is InChI=1S/C30H41BrN8O3.ClH/c31-22-9-4-8-21(17-22)23(16-18-11-13-20(14-12-18)26(32)33)28(41)39-25(19-6-2-1-3-7-19)29(42)38-24(27(34)40)10-5-15-37-30(35)36;/h4,8-9,11-14,17,19,23-25H,1-3,5-7,10,15-16H2,(H3,32,33)(H2,34,40)(H,38,42)(H,39,41)(H4,35,36,37);1H/t23-,24?,25-;/m0./s1. The summed E-state index contributed by atoms with van der Waals surface area (Å²) in [5.41, 5.74) is 24.2. The summed E-state index contributed by atoms with van der Waals surface area (Å²) < 4.78 is 0.830. The molecule has 13 heteroatoms. The summed E-state index contributed by atoms with van der Waals surface area (Å²) in [6.45, 7) is 0.298. The van der Waals surface area contributed by atoms with E-state index in [0.717, 1.165) is 47.7 Å². The van der Waals surface area contributed by atoms with Gasteiger partial charge in [-0.05, 0) is 61.3 Å². The van der Waals surface area contributed by atoms with Crippen molar-refractivity contribution in [3.8, 4) is 0 Å². The molecule has 1 fully saturated rings. The SMILES string of the molecule is Cl.N=C(N)c1ccc(C[C@H](C(=O)N[C@H](C(=O)NC(CCCN=C(N)N)C(N)=O)C2CCCCC2)c2cccc(Br)c2)cc1. The van der Waals surface area contributed by atoms with Gasteiger partial charge in [0.2, 0.25) is 17.7 Å². The van der Waals surface area contributed by atoms with Gasteiger partial charge >= 0.3 is 0 Å². The second-order valence-electron chi connectivity index (χ2n) is 10.7. The molecule has 3 amide bonds. The van der Waals surface area contributed by atoms with Crippen LogP contribution in [-0.4, -0.2) is 48.1 Å². The Morgan fingerprint density at radius 3 is 2.21 bits per heavy atom. The number of nitrogens with zero attached hydrogens (tertiary/aromatic N) is 1. The maximum atomic E-state index is 14.0. The molecule has 0 spiro atoms. The molecule has 234 valence electrons. The number of nitrogens with two attached hydrogens (primary N) is 4. The van der Waals surface area contributed by atoms with Gasteiger partial charge in [0, 0.05) is 16.6 Å². The average molecular weight is 678 g/mol. The second-order valence-corrected chi connectivity index (χ2v) is 11.6. The van der Waals surface area contributed by atoms with E-state index in [1.165, 1.54) is 0 Å². The van der Waals surface area contributed by atoms with Crippen molar-refractivity contribution in [1.82, 2.24) is 10.6 Å². The number of amidine groups is 1. The zero-order valence-electron chi connectivity index (χ0n) is 24.1. The molecule has 0 aliphatic heterocycles. The molecule has 11 N–H and O–H groups in total. The highest BCUT2D eigenvalue weighted by molar-refractivity contribution is 9.10. The van der Waals surface area contributed by atoms with Crippen molar-refractivity contribution in [2.24, 2.45) is 33.8 Å². The maximum Gasteiger partial charge on any atom is 0.243 e. The lowest BCUT2D eigenvalue weighted by Gasteiger charge is -2.32. The molecule has 11 nitrogen and oxygen atoms in total. The predicted molar refractivity (Wildman–Crippen MR) is 175 cm³/mol. The number of carbonyl (C=O) groups excluding carboxylic acids is 3. The van der Waals surface area contributed by atoms with Gasteiger partial charge in [-0.25, -0.2) is 0 Å². The number of hydrogen-bond acceptors (Lipinski definition) is 5. The molecule has 1 aliphatic carbocycles. The molecule has 0 aromatic heterocycles. The zero-order valence-corrected chi connectivity index (χ0v) is 26.5. The first-order valence-corrected chi connectivity index (χ1v) is 15.0. The van der Waals surface area contributed by atoms with Gasteiger partial charge in [-0.2, -0.15) is 0 Å². The Bertz CT molecular complexity index is 1280. The van der Waals surface area contributed by atoms with Crippen LogP contribution in [-0.2, 0) is 20.8 Å². The molecule has 2 aromatic carbocycles. The van der Waals surface area contributed by atoms with Crippen molar-refractivity contribution in [3.63, 3.8) is 0 Å². The van der Waals surface area contributed by atoms with Gasteiger partial charge in [0.1, 0.15) is 17.9 Å². The molecule has 1 aliphatic rings. The molecular formula is C30H42BrClN8O3. The van der Waals surface area contributed by atoms with Crippen molar-refractivity contribution < 1.29 is 14.4 Å². The van der Waals surface area contributed by atoms with Crippen molar-refractivity contribution in [1.29, 1.82) is 5.41 Å². The normalized spacial score (nSPS) is 15.2. The van der Waals surface area contributed by atoms with E-state index in [4.69, 9.17) is 28.3 Å². The Morgan fingerprint density at radius 2 is 1.63 bits per heavy atom. The summed E-state index contributed by atoms with van der Waals surface area (Å²) >= 11 is 3.50. The molecule has 3 atom stereocenters. The lowest BCUT2D eigenvalue weighted by Crippen LogP contribution is -2.56. The van der Waals surface area contributed by atoms with E-state index < -0.39 is 29.8 Å². The molecule has 43 heavy (non-hydrogen) atoms. The number of nitrogen functional groups attached to an aromatic ring is 1. The van der Waals surface area contributed by atoms with Gasteiger partial charge in [-0.1, -0.05) is 71.6 Å². The Labute approximate surface area is 267 Å². The molecule has 3 rings (SSSR count). The van der Waals surface area contributed by atoms with E-state index in [9.17, 15) is 14.4 Å². The van der Waals surface area contributed by atoms with Crippen LogP contribution in [0.3, 0.4) is 0 Å². The van der Waals surface area contributed by atoms with Crippen LogP contribution in [0.25, 0.3) is 0 Å². The zero-order chi connectivity index (χ0) is 30.6. The van der Waals surface area contributed by atoms with Crippen LogP contribution in [0.5, 0.6) is 0 Å². The van der Waals surface area contributed by atoms with E-state index in [-0.39, 0.29) is 42.4 Å². The summed E-state index contributed by atoms with van der Waals surface area (Å²) in [6, 6.07) is 13.0. The highest BCUT2D eigenvalue weighted by Crippen LogP contribution is 2.29. The van der Waals surface area contributed by atoms with Crippen molar-refractivity contribution in [2.45, 2.75) is 69.4 Å². The van der Waals surface area contributed by atoms with Crippen LogP contribution >= 0.6 is 28.3 Å². The summed E-state index contributed by atoms with van der Waals surface area (Å²) in [4.78, 5) is 43.8. The summed E-state index contributed by atoms with van der Waals surface area (Å²) in [7, 11) is 0. The third kappa shape index (κ3) is 11.2. The molecule has 0 saturated heterocycles. The number of amides is 3. The highest BCUT2D eigenvalue weighted by Gasteiger charge is 2.35. The first-order chi connectivity index (χ1) is 20.0. The fraction of sp³-hybridized carbons (Fsp3) is 0.433. The molecule has 1 unspecified atom stereocenters. The number of hydrogen-bond donors (Lipinski definition) is 7. The van der Waals surface area contributed by atoms with Gasteiger partial charge in [0.05, 0.1) is 5.92 Å². The third-order valence-corrected chi connectivity index (χ3v) is 8.07. The monoisotopic (exact) mass is 676 g/mol. The van der Waals surface area contributed by atoms with Crippen molar-refractivity contribution >= 4 is 57.9 Å². The molecule has 0 radical (unpaired) electrons. The van der Waals surface area contributed by atoms with Crippen molar-refractivity contribution in [2.75, 3.05) is 6.54 Å². The number of aliphatic imine (C=N–C) groups is 1. The van der Waals surface area contributed by atoms with E-state index >= 15 is 0 Å². The predicted octanol–water partition coefficient (Wildman–Crippen LogP) is 2.57. The topological polar surface area (TPSA) is 216 Å². The minimum Gasteiger partial charge on any atom is -0.384 e. The lowest BCUT2D eigenvalue weighted by atomic mass is 9.82. The van der Waals surface area contributed by atoms with Gasteiger partial charge in [0.25, 0.3) is 0 Å². The fourth-order valence-corrected chi connectivity index (χ4v) is 5.73. The quantitative estimate of drug-likeness (QED) is 0.0905. The van der Waals surface area contributed by atoms with E-state index in [0.29, 0.717) is 24.9 Å². The van der Waals surface area contributed by atoms with E-state index in [1.807, 2.05) is 36.4 Å². The Kier molecular flexibility index (Phi) is 14.4. The van der Waals surface area contributed by atoms with Crippen LogP contribution in [0.2, 0.25) is 0 Å². The first-order valence-electron chi connectivity index (χ1n) is 14.2. The van der Waals surface area contributed by atoms with Crippen LogP contribution in [0.4, 0.5) is 0 Å². The van der Waals surface area contributed by atoms with Crippen molar-refractivity contribution in [3.05, 3.63) is 69.7 Å². The number of guanidine groups is 1. The van der Waals surface area contributed by atoms with Gasteiger partial charge in [-0.15, -0.1) is 12.4 Å². The smallest absolute Gasteiger partial charge is 0.243 e.